The van der Waals surface area contributed by atoms with E-state index < -0.39 is 0 Å². The van der Waals surface area contributed by atoms with E-state index in [2.05, 4.69) is 0 Å². The zero-order chi connectivity index (χ0) is 9.84. The number of phenols is 1. The zero-order valence-electron chi connectivity index (χ0n) is 7.37. The number of phenolic OH excluding ortho intramolecular Hbond substituents is 1. The van der Waals surface area contributed by atoms with Crippen molar-refractivity contribution in [1.82, 2.24) is 0 Å². The van der Waals surface area contributed by atoms with Crippen molar-refractivity contribution in [2.75, 3.05) is 14.2 Å². The standard InChI is InChI=1S/C9H9NO3/c1-12-8-4-7(11)9(13-2)3-6(8)5-10/h3-4,11H,1-2H3. The minimum atomic E-state index is -0.0432. The molecule has 0 aliphatic rings. The van der Waals surface area contributed by atoms with Crippen LogP contribution in [0.15, 0.2) is 12.1 Å². The van der Waals surface area contributed by atoms with Crippen LogP contribution in [-0.4, -0.2) is 19.3 Å². The van der Waals surface area contributed by atoms with E-state index >= 15 is 0 Å². The Kier molecular flexibility index (Phi) is 2.60. The van der Waals surface area contributed by atoms with E-state index in [1.807, 2.05) is 6.07 Å². The van der Waals surface area contributed by atoms with Gasteiger partial charge in [-0.25, -0.2) is 0 Å². The molecule has 0 radical (unpaired) electrons. The van der Waals surface area contributed by atoms with Crippen molar-refractivity contribution >= 4 is 0 Å². The van der Waals surface area contributed by atoms with Crippen molar-refractivity contribution in [3.63, 3.8) is 0 Å². The second kappa shape index (κ2) is 3.68. The average molecular weight is 179 g/mol. The molecule has 0 aliphatic heterocycles. The van der Waals surface area contributed by atoms with Crippen LogP contribution in [0.25, 0.3) is 0 Å². The van der Waals surface area contributed by atoms with Crippen molar-refractivity contribution in [2.45, 2.75) is 0 Å². The normalized spacial score (nSPS) is 9.00. The molecule has 0 saturated heterocycles. The van der Waals surface area contributed by atoms with Crippen LogP contribution in [0.4, 0.5) is 0 Å². The van der Waals surface area contributed by atoms with Crippen molar-refractivity contribution in [2.24, 2.45) is 0 Å². The Balaban J connectivity index is 3.28. The molecule has 1 rings (SSSR count). The Morgan fingerprint density at radius 3 is 2.31 bits per heavy atom. The van der Waals surface area contributed by atoms with Gasteiger partial charge in [0.15, 0.2) is 11.5 Å². The van der Waals surface area contributed by atoms with Gasteiger partial charge in [0, 0.05) is 12.1 Å². The number of rotatable bonds is 2. The molecule has 0 atom stereocenters. The molecule has 0 aromatic heterocycles. The smallest absolute Gasteiger partial charge is 0.162 e. The largest absolute Gasteiger partial charge is 0.504 e. The Labute approximate surface area is 75.9 Å². The highest BCUT2D eigenvalue weighted by molar-refractivity contribution is 5.54. The molecule has 0 saturated carbocycles. The van der Waals surface area contributed by atoms with Gasteiger partial charge in [0.1, 0.15) is 11.8 Å². The molecule has 0 unspecified atom stereocenters. The molecule has 1 aromatic carbocycles. The molecule has 68 valence electrons. The first-order valence-corrected chi connectivity index (χ1v) is 3.58. The van der Waals surface area contributed by atoms with E-state index in [1.165, 1.54) is 26.4 Å². The lowest BCUT2D eigenvalue weighted by molar-refractivity contribution is 0.365. The minimum Gasteiger partial charge on any atom is -0.504 e. The van der Waals surface area contributed by atoms with Crippen LogP contribution < -0.4 is 9.47 Å². The maximum atomic E-state index is 9.33. The third-order valence-corrected chi connectivity index (χ3v) is 1.62. The van der Waals surface area contributed by atoms with Gasteiger partial charge < -0.3 is 14.6 Å². The summed E-state index contributed by atoms with van der Waals surface area (Å²) in [6.07, 6.45) is 0. The Morgan fingerprint density at radius 1 is 1.23 bits per heavy atom. The van der Waals surface area contributed by atoms with Gasteiger partial charge in [-0.3, -0.25) is 0 Å². The number of methoxy groups -OCH3 is 2. The van der Waals surface area contributed by atoms with Crippen molar-refractivity contribution in [1.29, 1.82) is 5.26 Å². The van der Waals surface area contributed by atoms with Gasteiger partial charge in [-0.15, -0.1) is 0 Å². The zero-order valence-corrected chi connectivity index (χ0v) is 7.37. The van der Waals surface area contributed by atoms with Gasteiger partial charge in [0.2, 0.25) is 0 Å². The van der Waals surface area contributed by atoms with Gasteiger partial charge in [0.25, 0.3) is 0 Å². The fourth-order valence-electron chi connectivity index (χ4n) is 0.969. The van der Waals surface area contributed by atoms with E-state index in [-0.39, 0.29) is 11.5 Å². The van der Waals surface area contributed by atoms with Crippen molar-refractivity contribution < 1.29 is 14.6 Å². The number of nitrogens with zero attached hydrogens (tertiary/aromatic N) is 1. The number of benzene rings is 1. The molecular formula is C9H9NO3. The quantitative estimate of drug-likeness (QED) is 0.742. The number of hydrogen-bond donors (Lipinski definition) is 1. The molecule has 0 fully saturated rings. The van der Waals surface area contributed by atoms with Crippen LogP contribution in [0.1, 0.15) is 5.56 Å². The van der Waals surface area contributed by atoms with Crippen LogP contribution in [0.5, 0.6) is 17.2 Å². The van der Waals surface area contributed by atoms with Crippen LogP contribution in [-0.2, 0) is 0 Å². The molecule has 1 aromatic rings. The van der Waals surface area contributed by atoms with E-state index in [4.69, 9.17) is 14.7 Å². The summed E-state index contributed by atoms with van der Waals surface area (Å²) in [5, 5.41) is 18.0. The molecule has 0 aliphatic carbocycles. The second-order valence-corrected chi connectivity index (χ2v) is 2.34. The summed E-state index contributed by atoms with van der Waals surface area (Å²) < 4.78 is 9.71. The first-order valence-electron chi connectivity index (χ1n) is 3.58. The van der Waals surface area contributed by atoms with Crippen LogP contribution in [0.2, 0.25) is 0 Å². The highest BCUT2D eigenvalue weighted by Crippen LogP contribution is 2.32. The fraction of sp³-hybridized carbons (Fsp3) is 0.222. The first-order chi connectivity index (χ1) is 6.22. The van der Waals surface area contributed by atoms with E-state index in [0.717, 1.165) is 0 Å². The molecule has 0 heterocycles. The molecule has 0 spiro atoms. The predicted molar refractivity (Wildman–Crippen MR) is 45.9 cm³/mol. The van der Waals surface area contributed by atoms with Gasteiger partial charge in [-0.05, 0) is 0 Å². The summed E-state index contributed by atoms with van der Waals surface area (Å²) in [6.45, 7) is 0. The van der Waals surface area contributed by atoms with E-state index in [0.29, 0.717) is 11.3 Å². The fourth-order valence-corrected chi connectivity index (χ4v) is 0.969. The highest BCUT2D eigenvalue weighted by Gasteiger charge is 2.09. The van der Waals surface area contributed by atoms with Crippen molar-refractivity contribution in [3.8, 4) is 23.3 Å². The molecular weight excluding hydrogens is 170 g/mol. The summed E-state index contributed by atoms with van der Waals surface area (Å²) in [4.78, 5) is 0. The molecule has 0 amide bonds. The van der Waals surface area contributed by atoms with E-state index in [9.17, 15) is 5.11 Å². The summed E-state index contributed by atoms with van der Waals surface area (Å²) in [7, 11) is 2.85. The lowest BCUT2D eigenvalue weighted by Crippen LogP contribution is -1.90. The monoisotopic (exact) mass is 179 g/mol. The molecule has 13 heavy (non-hydrogen) atoms. The topological polar surface area (TPSA) is 62.5 Å². The SMILES string of the molecule is COc1cc(C#N)c(OC)cc1O. The molecule has 0 bridgehead atoms. The van der Waals surface area contributed by atoms with Crippen LogP contribution >= 0.6 is 0 Å². The van der Waals surface area contributed by atoms with Crippen molar-refractivity contribution in [3.05, 3.63) is 17.7 Å². The molecule has 4 heteroatoms. The Morgan fingerprint density at radius 2 is 1.85 bits per heavy atom. The third kappa shape index (κ3) is 1.64. The third-order valence-electron chi connectivity index (χ3n) is 1.62. The van der Waals surface area contributed by atoms with Crippen LogP contribution in [0, 0.1) is 11.3 Å². The van der Waals surface area contributed by atoms with E-state index in [1.54, 1.807) is 0 Å². The lowest BCUT2D eigenvalue weighted by Gasteiger charge is -2.06. The maximum Gasteiger partial charge on any atom is 0.162 e. The Bertz CT molecular complexity index is 355. The Hall–Kier alpha value is -1.89. The first kappa shape index (κ1) is 9.20. The van der Waals surface area contributed by atoms with Gasteiger partial charge >= 0.3 is 0 Å². The summed E-state index contributed by atoms with van der Waals surface area (Å²) in [6, 6.07) is 4.70. The number of aromatic hydroxyl groups is 1. The summed E-state index contributed by atoms with van der Waals surface area (Å²) in [5.74, 6) is 0.552. The van der Waals surface area contributed by atoms with Gasteiger partial charge in [-0.2, -0.15) is 5.26 Å². The summed E-state index contributed by atoms with van der Waals surface area (Å²) >= 11 is 0. The maximum absolute atomic E-state index is 9.33. The highest BCUT2D eigenvalue weighted by atomic mass is 16.5. The van der Waals surface area contributed by atoms with Crippen LogP contribution in [0.3, 0.4) is 0 Å². The second-order valence-electron chi connectivity index (χ2n) is 2.34. The summed E-state index contributed by atoms with van der Waals surface area (Å²) in [5.41, 5.74) is 0.331. The van der Waals surface area contributed by atoms with Gasteiger partial charge in [0.05, 0.1) is 19.8 Å². The molecule has 4 nitrogen and oxygen atoms in total. The van der Waals surface area contributed by atoms with Gasteiger partial charge in [-0.1, -0.05) is 0 Å². The minimum absolute atomic E-state index is 0.0432. The number of nitriles is 1. The average Bonchev–Trinajstić information content (AvgIpc) is 2.17. The predicted octanol–water partition coefficient (Wildman–Crippen LogP) is 1.28. The lowest BCUT2D eigenvalue weighted by atomic mass is 10.2. The number of hydrogen-bond acceptors (Lipinski definition) is 4. The molecule has 1 N–H and O–H groups in total. The number of ether oxygens (including phenoxy) is 2.